The number of likely N-dealkylation sites (N-methyl/N-ethyl adjacent to an activating group) is 1. The highest BCUT2D eigenvalue weighted by molar-refractivity contribution is 5.64. The molecule has 1 nitrogen and oxygen atoms in total. The van der Waals surface area contributed by atoms with Gasteiger partial charge in [0.1, 0.15) is 0 Å². The Hall–Kier alpha value is -1.74. The van der Waals surface area contributed by atoms with Crippen LogP contribution in [0.5, 0.6) is 0 Å². The standard InChI is InChI=1S/C17H19F2N/c1-3-20-12(2)11-13-7-9-14(10-8-13)15-5-4-6-16(18)17(15)19/h4-10,12,20H,3,11H2,1-2H3. The third kappa shape index (κ3) is 3.42. The van der Waals surface area contributed by atoms with Gasteiger partial charge in [-0.3, -0.25) is 0 Å². The topological polar surface area (TPSA) is 12.0 Å². The van der Waals surface area contributed by atoms with Crippen LogP contribution >= 0.6 is 0 Å². The Bertz CT molecular complexity index is 564. The van der Waals surface area contributed by atoms with E-state index in [1.165, 1.54) is 11.6 Å². The molecule has 0 radical (unpaired) electrons. The zero-order valence-corrected chi connectivity index (χ0v) is 11.8. The van der Waals surface area contributed by atoms with E-state index in [0.29, 0.717) is 17.2 Å². The maximum Gasteiger partial charge on any atom is 0.166 e. The summed E-state index contributed by atoms with van der Waals surface area (Å²) in [5, 5.41) is 3.35. The Morgan fingerprint density at radius 2 is 1.75 bits per heavy atom. The maximum atomic E-state index is 13.7. The third-order valence-corrected chi connectivity index (χ3v) is 3.31. The molecule has 1 N–H and O–H groups in total. The number of benzene rings is 2. The molecule has 0 aliphatic rings. The number of halogens is 2. The number of hydrogen-bond donors (Lipinski definition) is 1. The van der Waals surface area contributed by atoms with Gasteiger partial charge < -0.3 is 5.32 Å². The van der Waals surface area contributed by atoms with Crippen LogP contribution in [0.15, 0.2) is 42.5 Å². The summed E-state index contributed by atoms with van der Waals surface area (Å²) in [6.45, 7) is 5.14. The van der Waals surface area contributed by atoms with Crippen LogP contribution in [0.3, 0.4) is 0 Å². The zero-order chi connectivity index (χ0) is 14.5. The minimum Gasteiger partial charge on any atom is -0.314 e. The second-order valence-electron chi connectivity index (χ2n) is 4.96. The maximum absolute atomic E-state index is 13.7. The summed E-state index contributed by atoms with van der Waals surface area (Å²) in [5.41, 5.74) is 2.18. The van der Waals surface area contributed by atoms with Gasteiger partial charge in [-0.2, -0.15) is 0 Å². The van der Waals surface area contributed by atoms with Crippen molar-refractivity contribution < 1.29 is 8.78 Å². The molecule has 0 aliphatic heterocycles. The second kappa shape index (κ2) is 6.62. The number of nitrogens with one attached hydrogen (secondary N) is 1. The van der Waals surface area contributed by atoms with Crippen LogP contribution in [0.25, 0.3) is 11.1 Å². The molecule has 20 heavy (non-hydrogen) atoms. The normalized spacial score (nSPS) is 12.4. The van der Waals surface area contributed by atoms with Crippen LogP contribution in [-0.2, 0) is 6.42 Å². The molecule has 2 aromatic carbocycles. The molecule has 0 saturated carbocycles. The van der Waals surface area contributed by atoms with Gasteiger partial charge in [-0.05, 0) is 37.1 Å². The van der Waals surface area contributed by atoms with E-state index in [4.69, 9.17) is 0 Å². The van der Waals surface area contributed by atoms with Gasteiger partial charge in [0.15, 0.2) is 11.6 Å². The fourth-order valence-electron chi connectivity index (χ4n) is 2.32. The Morgan fingerprint density at radius 3 is 2.40 bits per heavy atom. The number of hydrogen-bond acceptors (Lipinski definition) is 1. The lowest BCUT2D eigenvalue weighted by Gasteiger charge is -2.12. The summed E-state index contributed by atoms with van der Waals surface area (Å²) in [6, 6.07) is 12.3. The van der Waals surface area contributed by atoms with Crippen molar-refractivity contribution in [3.63, 3.8) is 0 Å². The zero-order valence-electron chi connectivity index (χ0n) is 11.8. The first kappa shape index (κ1) is 14.7. The van der Waals surface area contributed by atoms with Gasteiger partial charge in [-0.1, -0.05) is 43.3 Å². The van der Waals surface area contributed by atoms with E-state index in [1.807, 2.05) is 24.3 Å². The van der Waals surface area contributed by atoms with E-state index in [0.717, 1.165) is 19.0 Å². The highest BCUT2D eigenvalue weighted by atomic mass is 19.2. The van der Waals surface area contributed by atoms with Gasteiger partial charge in [0.25, 0.3) is 0 Å². The SMILES string of the molecule is CCNC(C)Cc1ccc(-c2cccc(F)c2F)cc1. The Kier molecular flexibility index (Phi) is 4.85. The molecule has 2 rings (SSSR count). The average molecular weight is 275 g/mol. The summed E-state index contributed by atoms with van der Waals surface area (Å²) in [7, 11) is 0. The second-order valence-corrected chi connectivity index (χ2v) is 4.96. The van der Waals surface area contributed by atoms with E-state index in [1.54, 1.807) is 6.07 Å². The van der Waals surface area contributed by atoms with Gasteiger partial charge in [0.2, 0.25) is 0 Å². The van der Waals surface area contributed by atoms with Gasteiger partial charge in [0.05, 0.1) is 0 Å². The summed E-state index contributed by atoms with van der Waals surface area (Å²) < 4.78 is 26.9. The molecule has 0 amide bonds. The molecule has 0 aliphatic carbocycles. The van der Waals surface area contributed by atoms with Crippen molar-refractivity contribution in [3.8, 4) is 11.1 Å². The summed E-state index contributed by atoms with van der Waals surface area (Å²) in [4.78, 5) is 0. The largest absolute Gasteiger partial charge is 0.314 e. The minimum atomic E-state index is -0.813. The van der Waals surface area contributed by atoms with E-state index >= 15 is 0 Å². The molecule has 1 atom stereocenters. The highest BCUT2D eigenvalue weighted by Gasteiger charge is 2.09. The molecule has 2 aromatic rings. The molecule has 0 aromatic heterocycles. The van der Waals surface area contributed by atoms with Gasteiger partial charge in [0, 0.05) is 11.6 Å². The first-order valence-electron chi connectivity index (χ1n) is 6.88. The van der Waals surface area contributed by atoms with Crippen molar-refractivity contribution in [1.82, 2.24) is 5.32 Å². The number of rotatable bonds is 5. The van der Waals surface area contributed by atoms with Crippen LogP contribution in [0, 0.1) is 11.6 Å². The first-order valence-corrected chi connectivity index (χ1v) is 6.88. The van der Waals surface area contributed by atoms with Crippen molar-refractivity contribution in [1.29, 1.82) is 0 Å². The smallest absolute Gasteiger partial charge is 0.166 e. The first-order chi connectivity index (χ1) is 9.61. The van der Waals surface area contributed by atoms with Crippen molar-refractivity contribution in [2.24, 2.45) is 0 Å². The molecule has 0 saturated heterocycles. The molecule has 0 heterocycles. The molecule has 106 valence electrons. The fourth-order valence-corrected chi connectivity index (χ4v) is 2.32. The molecule has 0 spiro atoms. The molecular weight excluding hydrogens is 256 g/mol. The Labute approximate surface area is 118 Å². The van der Waals surface area contributed by atoms with E-state index in [2.05, 4.69) is 19.2 Å². The van der Waals surface area contributed by atoms with Crippen LogP contribution in [0.2, 0.25) is 0 Å². The van der Waals surface area contributed by atoms with Crippen LogP contribution < -0.4 is 5.32 Å². The molecule has 0 bridgehead atoms. The van der Waals surface area contributed by atoms with Crippen molar-refractivity contribution in [2.45, 2.75) is 26.3 Å². The Balaban J connectivity index is 2.18. The third-order valence-electron chi connectivity index (χ3n) is 3.31. The molecular formula is C17H19F2N. The van der Waals surface area contributed by atoms with E-state index in [-0.39, 0.29) is 0 Å². The molecule has 1 unspecified atom stereocenters. The van der Waals surface area contributed by atoms with Crippen LogP contribution in [0.1, 0.15) is 19.4 Å². The summed E-state index contributed by atoms with van der Waals surface area (Å²) >= 11 is 0. The van der Waals surface area contributed by atoms with Gasteiger partial charge >= 0.3 is 0 Å². The minimum absolute atomic E-state index is 0.302. The van der Waals surface area contributed by atoms with Gasteiger partial charge in [-0.15, -0.1) is 0 Å². The van der Waals surface area contributed by atoms with E-state index in [9.17, 15) is 8.78 Å². The Morgan fingerprint density at radius 1 is 1.05 bits per heavy atom. The van der Waals surface area contributed by atoms with Crippen molar-refractivity contribution in [3.05, 3.63) is 59.7 Å². The lowest BCUT2D eigenvalue weighted by molar-refractivity contribution is 0.511. The van der Waals surface area contributed by atoms with E-state index < -0.39 is 11.6 Å². The molecule has 3 heteroatoms. The quantitative estimate of drug-likeness (QED) is 0.863. The summed E-state index contributed by atoms with van der Waals surface area (Å²) in [6.07, 6.45) is 0.916. The predicted octanol–water partition coefficient (Wildman–Crippen LogP) is 4.17. The molecule has 0 fully saturated rings. The van der Waals surface area contributed by atoms with Crippen LogP contribution in [-0.4, -0.2) is 12.6 Å². The van der Waals surface area contributed by atoms with Crippen molar-refractivity contribution in [2.75, 3.05) is 6.54 Å². The van der Waals surface area contributed by atoms with Crippen molar-refractivity contribution >= 4 is 0 Å². The fraction of sp³-hybridized carbons (Fsp3) is 0.294. The summed E-state index contributed by atoms with van der Waals surface area (Å²) in [5.74, 6) is -1.60. The lowest BCUT2D eigenvalue weighted by Crippen LogP contribution is -2.27. The van der Waals surface area contributed by atoms with Gasteiger partial charge in [-0.25, -0.2) is 8.78 Å². The lowest BCUT2D eigenvalue weighted by atomic mass is 10.0. The van der Waals surface area contributed by atoms with Crippen LogP contribution in [0.4, 0.5) is 8.78 Å². The monoisotopic (exact) mass is 275 g/mol. The average Bonchev–Trinajstić information content (AvgIpc) is 2.43. The highest BCUT2D eigenvalue weighted by Crippen LogP contribution is 2.24. The predicted molar refractivity (Wildman–Crippen MR) is 78.6 cm³/mol.